The number of rotatable bonds is 6. The molecule has 1 amide bonds. The molecule has 0 aliphatic rings. The first-order valence-corrected chi connectivity index (χ1v) is 11.3. The molecular formula is C25H23N3O4S. The number of benzene rings is 2. The molecule has 1 N–H and O–H groups in total. The number of aromatic nitrogens is 2. The number of amides is 1. The van der Waals surface area contributed by atoms with E-state index in [4.69, 9.17) is 4.74 Å². The molecule has 0 aliphatic heterocycles. The fourth-order valence-corrected chi connectivity index (χ4v) is 4.29. The van der Waals surface area contributed by atoms with Gasteiger partial charge in [-0.25, -0.2) is 9.78 Å². The lowest BCUT2D eigenvalue weighted by Crippen LogP contribution is -2.27. The van der Waals surface area contributed by atoms with Crippen LogP contribution in [-0.2, 0) is 16.1 Å². The normalized spacial score (nSPS) is 11.0. The Hall–Kier alpha value is -3.78. The summed E-state index contributed by atoms with van der Waals surface area (Å²) >= 11 is 1.40. The predicted molar refractivity (Wildman–Crippen MR) is 130 cm³/mol. The average Bonchev–Trinajstić information content (AvgIpc) is 3.21. The predicted octanol–water partition coefficient (Wildman–Crippen LogP) is 4.64. The third kappa shape index (κ3) is 5.01. The second-order valence-corrected chi connectivity index (χ2v) is 8.81. The Morgan fingerprint density at radius 3 is 2.64 bits per heavy atom. The van der Waals surface area contributed by atoms with Crippen molar-refractivity contribution in [2.75, 3.05) is 5.32 Å². The number of carbonyl (C=O) groups is 2. The molecule has 2 aromatic heterocycles. The van der Waals surface area contributed by atoms with Gasteiger partial charge >= 0.3 is 5.97 Å². The fourth-order valence-electron chi connectivity index (χ4n) is 3.39. The van der Waals surface area contributed by atoms with Crippen LogP contribution in [0.2, 0.25) is 0 Å². The van der Waals surface area contributed by atoms with Gasteiger partial charge in [-0.05, 0) is 44.5 Å². The Morgan fingerprint density at radius 1 is 1.15 bits per heavy atom. The smallest absolute Gasteiger partial charge is 0.338 e. The Kier molecular flexibility index (Phi) is 6.37. The summed E-state index contributed by atoms with van der Waals surface area (Å²) < 4.78 is 6.48. The van der Waals surface area contributed by atoms with Gasteiger partial charge in [-0.15, -0.1) is 11.3 Å². The molecule has 2 aromatic carbocycles. The molecule has 0 saturated heterocycles. The van der Waals surface area contributed by atoms with Crippen LogP contribution < -0.4 is 10.9 Å². The van der Waals surface area contributed by atoms with E-state index < -0.39 is 11.9 Å². The summed E-state index contributed by atoms with van der Waals surface area (Å²) in [5.74, 6) is -0.868. The molecule has 0 spiro atoms. The van der Waals surface area contributed by atoms with E-state index in [1.807, 2.05) is 36.6 Å². The van der Waals surface area contributed by atoms with Crippen LogP contribution in [0.5, 0.6) is 0 Å². The highest BCUT2D eigenvalue weighted by molar-refractivity contribution is 7.17. The van der Waals surface area contributed by atoms with E-state index >= 15 is 0 Å². The molecule has 8 heteroatoms. The van der Waals surface area contributed by atoms with Gasteiger partial charge in [-0.2, -0.15) is 0 Å². The molecule has 0 unspecified atom stereocenters. The lowest BCUT2D eigenvalue weighted by atomic mass is 10.1. The minimum absolute atomic E-state index is 0.203. The van der Waals surface area contributed by atoms with E-state index in [2.05, 4.69) is 10.3 Å². The number of anilines is 1. The zero-order chi connectivity index (χ0) is 23.5. The standard InChI is InChI=1S/C25H23N3O4S/c1-15(2)32-25(31)18-5-4-6-19(11-18)27-21(29)12-28-14-26-23-22(24(28)30)20(13-33-23)17-9-7-16(3)8-10-17/h4-11,13-15H,12H2,1-3H3,(H,27,29). The van der Waals surface area contributed by atoms with Crippen LogP contribution in [0, 0.1) is 6.92 Å². The number of fused-ring (bicyclic) bond motifs is 1. The number of hydrogen-bond donors (Lipinski definition) is 1. The number of thiophene rings is 1. The molecule has 0 radical (unpaired) electrons. The highest BCUT2D eigenvalue weighted by Gasteiger charge is 2.15. The molecule has 7 nitrogen and oxygen atoms in total. The topological polar surface area (TPSA) is 90.3 Å². The van der Waals surface area contributed by atoms with Gasteiger partial charge in [-0.1, -0.05) is 35.9 Å². The highest BCUT2D eigenvalue weighted by atomic mass is 32.1. The van der Waals surface area contributed by atoms with Crippen LogP contribution in [0.3, 0.4) is 0 Å². The van der Waals surface area contributed by atoms with E-state index in [1.165, 1.54) is 22.2 Å². The molecule has 2 heterocycles. The van der Waals surface area contributed by atoms with E-state index in [0.717, 1.165) is 16.7 Å². The van der Waals surface area contributed by atoms with Crippen LogP contribution in [-0.4, -0.2) is 27.5 Å². The number of nitrogens with zero attached hydrogens (tertiary/aromatic N) is 2. The fraction of sp³-hybridized carbons (Fsp3) is 0.200. The van der Waals surface area contributed by atoms with Crippen molar-refractivity contribution >= 4 is 39.1 Å². The number of aryl methyl sites for hydroxylation is 1. The maximum absolute atomic E-state index is 13.2. The van der Waals surface area contributed by atoms with Gasteiger partial charge in [0, 0.05) is 16.6 Å². The van der Waals surface area contributed by atoms with Gasteiger partial charge in [-0.3, -0.25) is 14.2 Å². The van der Waals surface area contributed by atoms with Crippen molar-refractivity contribution in [3.8, 4) is 11.1 Å². The minimum Gasteiger partial charge on any atom is -0.459 e. The van der Waals surface area contributed by atoms with Crippen LogP contribution in [0.4, 0.5) is 5.69 Å². The zero-order valence-corrected chi connectivity index (χ0v) is 19.3. The molecule has 168 valence electrons. The molecule has 0 saturated carbocycles. The van der Waals surface area contributed by atoms with Gasteiger partial charge in [0.25, 0.3) is 5.56 Å². The Labute approximate surface area is 194 Å². The second kappa shape index (κ2) is 9.38. The highest BCUT2D eigenvalue weighted by Crippen LogP contribution is 2.30. The van der Waals surface area contributed by atoms with Gasteiger partial charge in [0.05, 0.1) is 23.4 Å². The Balaban J connectivity index is 1.56. The number of carbonyl (C=O) groups excluding carboxylic acids is 2. The maximum atomic E-state index is 13.2. The molecule has 4 rings (SSSR count). The van der Waals surface area contributed by atoms with Crippen LogP contribution in [0.1, 0.15) is 29.8 Å². The minimum atomic E-state index is -0.465. The SMILES string of the molecule is Cc1ccc(-c2csc3ncn(CC(=O)Nc4cccc(C(=O)OC(C)C)c4)c(=O)c23)cc1. The largest absolute Gasteiger partial charge is 0.459 e. The molecule has 0 bridgehead atoms. The lowest BCUT2D eigenvalue weighted by Gasteiger charge is -2.10. The molecule has 33 heavy (non-hydrogen) atoms. The first-order chi connectivity index (χ1) is 15.8. The number of nitrogens with one attached hydrogen (secondary N) is 1. The van der Waals surface area contributed by atoms with Crippen molar-refractivity contribution in [1.29, 1.82) is 0 Å². The maximum Gasteiger partial charge on any atom is 0.338 e. The summed E-state index contributed by atoms with van der Waals surface area (Å²) in [6.45, 7) is 5.34. The van der Waals surface area contributed by atoms with Crippen molar-refractivity contribution in [2.24, 2.45) is 0 Å². The summed E-state index contributed by atoms with van der Waals surface area (Å²) in [6, 6.07) is 14.4. The number of esters is 1. The second-order valence-electron chi connectivity index (χ2n) is 7.96. The molecular weight excluding hydrogens is 438 g/mol. The Bertz CT molecular complexity index is 1390. The van der Waals surface area contributed by atoms with Crippen LogP contribution in [0.15, 0.2) is 65.0 Å². The van der Waals surface area contributed by atoms with Crippen molar-refractivity contribution in [1.82, 2.24) is 9.55 Å². The van der Waals surface area contributed by atoms with Crippen molar-refractivity contribution < 1.29 is 14.3 Å². The van der Waals surface area contributed by atoms with Crippen molar-refractivity contribution in [2.45, 2.75) is 33.4 Å². The van der Waals surface area contributed by atoms with Gasteiger partial charge in [0.15, 0.2) is 0 Å². The summed E-state index contributed by atoms with van der Waals surface area (Å²) in [5, 5.41) is 5.14. The average molecular weight is 462 g/mol. The van der Waals surface area contributed by atoms with Crippen LogP contribution in [0.25, 0.3) is 21.3 Å². The monoisotopic (exact) mass is 461 g/mol. The molecule has 4 aromatic rings. The third-order valence-corrected chi connectivity index (χ3v) is 5.85. The summed E-state index contributed by atoms with van der Waals surface area (Å²) in [6.07, 6.45) is 1.14. The van der Waals surface area contributed by atoms with E-state index in [-0.39, 0.29) is 18.2 Å². The lowest BCUT2D eigenvalue weighted by molar-refractivity contribution is -0.116. The molecule has 0 fully saturated rings. The summed E-state index contributed by atoms with van der Waals surface area (Å²) in [5.41, 5.74) is 3.36. The first-order valence-electron chi connectivity index (χ1n) is 10.5. The van der Waals surface area contributed by atoms with E-state index in [9.17, 15) is 14.4 Å². The number of hydrogen-bond acceptors (Lipinski definition) is 6. The third-order valence-electron chi connectivity index (χ3n) is 4.96. The van der Waals surface area contributed by atoms with Gasteiger partial charge in [0.2, 0.25) is 5.91 Å². The van der Waals surface area contributed by atoms with Gasteiger partial charge < -0.3 is 10.1 Å². The number of ether oxygens (including phenoxy) is 1. The summed E-state index contributed by atoms with van der Waals surface area (Å²) in [4.78, 5) is 42.9. The quantitative estimate of drug-likeness (QED) is 0.423. The van der Waals surface area contributed by atoms with E-state index in [0.29, 0.717) is 21.5 Å². The van der Waals surface area contributed by atoms with Crippen LogP contribution >= 0.6 is 11.3 Å². The molecule has 0 atom stereocenters. The van der Waals surface area contributed by atoms with Crippen molar-refractivity contribution in [3.05, 3.63) is 81.7 Å². The van der Waals surface area contributed by atoms with E-state index in [1.54, 1.807) is 38.1 Å². The molecule has 0 aliphatic carbocycles. The zero-order valence-electron chi connectivity index (χ0n) is 18.5. The first kappa shape index (κ1) is 22.4. The van der Waals surface area contributed by atoms with Crippen molar-refractivity contribution in [3.63, 3.8) is 0 Å². The van der Waals surface area contributed by atoms with Gasteiger partial charge in [0.1, 0.15) is 11.4 Å². The Morgan fingerprint density at radius 2 is 1.91 bits per heavy atom. The summed E-state index contributed by atoms with van der Waals surface area (Å²) in [7, 11) is 0.